The van der Waals surface area contributed by atoms with Gasteiger partial charge >= 0.3 is 0 Å². The first-order valence-corrected chi connectivity index (χ1v) is 13.5. The molecule has 0 saturated carbocycles. The molecule has 1 unspecified atom stereocenters. The number of nitrogens with one attached hydrogen (secondary N) is 1. The van der Waals surface area contributed by atoms with E-state index in [1.165, 1.54) is 36.1 Å². The molecule has 0 radical (unpaired) electrons. The minimum Gasteiger partial charge on any atom is -0.442 e. The standard InChI is InChI=1S/C32H37ClFN3O/c1-23-18-20-37(24(2)38-29-15-13-28(34)14-16-29)32(22-35-31-17-12-27(33)21-30(23)31)26-10-8-25(9-11-26)7-5-6-19-36(3)4/h8-17,21,32,35H,1-2,5-7,18-20,22H2,3-4H3. The molecule has 1 atom stereocenters. The van der Waals surface area contributed by atoms with Crippen LogP contribution in [0.25, 0.3) is 5.57 Å². The lowest BCUT2D eigenvalue weighted by atomic mass is 10.0. The fourth-order valence-electron chi connectivity index (χ4n) is 4.78. The number of rotatable bonds is 9. The molecule has 4 rings (SSSR count). The minimum absolute atomic E-state index is 0.0415. The second-order valence-corrected chi connectivity index (χ2v) is 10.5. The fraction of sp³-hybridized carbons (Fsp3) is 0.312. The van der Waals surface area contributed by atoms with Crippen LogP contribution in [-0.4, -0.2) is 43.5 Å². The summed E-state index contributed by atoms with van der Waals surface area (Å²) in [5, 5.41) is 4.31. The van der Waals surface area contributed by atoms with E-state index in [-0.39, 0.29) is 11.9 Å². The van der Waals surface area contributed by atoms with Crippen molar-refractivity contribution in [3.63, 3.8) is 0 Å². The highest BCUT2D eigenvalue weighted by Gasteiger charge is 2.26. The van der Waals surface area contributed by atoms with E-state index >= 15 is 0 Å². The predicted octanol–water partition coefficient (Wildman–Crippen LogP) is 7.79. The number of ether oxygens (including phenoxy) is 1. The lowest BCUT2D eigenvalue weighted by molar-refractivity contribution is 0.173. The third kappa shape index (κ3) is 7.40. The largest absolute Gasteiger partial charge is 0.442 e. The Morgan fingerprint density at radius 2 is 1.82 bits per heavy atom. The number of anilines is 1. The van der Waals surface area contributed by atoms with E-state index in [2.05, 4.69) is 66.6 Å². The van der Waals surface area contributed by atoms with Crippen molar-refractivity contribution in [1.82, 2.24) is 9.80 Å². The van der Waals surface area contributed by atoms with Gasteiger partial charge in [-0.05, 0) is 112 Å². The van der Waals surface area contributed by atoms with Crippen molar-refractivity contribution in [1.29, 1.82) is 0 Å². The van der Waals surface area contributed by atoms with Crippen LogP contribution in [0.5, 0.6) is 5.75 Å². The van der Waals surface area contributed by atoms with Gasteiger partial charge in [-0.15, -0.1) is 0 Å². The average Bonchev–Trinajstić information content (AvgIpc) is 2.96. The SMILES string of the molecule is C=C1CCN(C(=C)Oc2ccc(F)cc2)C(c2ccc(CCCCN(C)C)cc2)CNc2ccc(Cl)cc21. The van der Waals surface area contributed by atoms with Gasteiger partial charge in [-0.2, -0.15) is 0 Å². The van der Waals surface area contributed by atoms with Crippen LogP contribution in [0.1, 0.15) is 42.0 Å². The number of benzene rings is 3. The molecule has 0 spiro atoms. The van der Waals surface area contributed by atoms with Gasteiger partial charge in [-0.3, -0.25) is 0 Å². The van der Waals surface area contributed by atoms with Crippen LogP contribution in [0, 0.1) is 5.82 Å². The molecule has 0 amide bonds. The molecule has 0 saturated heterocycles. The lowest BCUT2D eigenvalue weighted by Crippen LogP contribution is -2.34. The molecule has 200 valence electrons. The van der Waals surface area contributed by atoms with Gasteiger partial charge in [0, 0.05) is 29.4 Å². The molecule has 0 bridgehead atoms. The van der Waals surface area contributed by atoms with Crippen LogP contribution in [0.2, 0.25) is 5.02 Å². The highest BCUT2D eigenvalue weighted by atomic mass is 35.5. The van der Waals surface area contributed by atoms with E-state index in [0.717, 1.165) is 29.8 Å². The number of aryl methyl sites for hydroxylation is 1. The zero-order valence-corrected chi connectivity index (χ0v) is 23.1. The summed E-state index contributed by atoms with van der Waals surface area (Å²) >= 11 is 6.32. The van der Waals surface area contributed by atoms with Crippen LogP contribution in [0.4, 0.5) is 10.1 Å². The number of nitrogens with zero attached hydrogens (tertiary/aromatic N) is 2. The Hall–Kier alpha value is -3.28. The van der Waals surface area contributed by atoms with Crippen LogP contribution < -0.4 is 10.1 Å². The summed E-state index contributed by atoms with van der Waals surface area (Å²) in [7, 11) is 4.23. The maximum Gasteiger partial charge on any atom is 0.189 e. The topological polar surface area (TPSA) is 27.7 Å². The molecular weight excluding hydrogens is 497 g/mol. The maximum atomic E-state index is 13.5. The second-order valence-electron chi connectivity index (χ2n) is 10.1. The highest BCUT2D eigenvalue weighted by Crippen LogP contribution is 2.34. The van der Waals surface area contributed by atoms with Crippen LogP contribution in [0.3, 0.4) is 0 Å². The minimum atomic E-state index is -0.303. The van der Waals surface area contributed by atoms with Gasteiger partial charge < -0.3 is 19.9 Å². The number of unbranched alkanes of at least 4 members (excludes halogenated alkanes) is 1. The van der Waals surface area contributed by atoms with Crippen molar-refractivity contribution in [3.05, 3.63) is 113 Å². The Labute approximate surface area is 231 Å². The van der Waals surface area contributed by atoms with E-state index in [1.54, 1.807) is 12.1 Å². The zero-order chi connectivity index (χ0) is 27.1. The number of fused-ring (bicyclic) bond motifs is 1. The molecule has 1 heterocycles. The molecule has 1 N–H and O–H groups in total. The zero-order valence-electron chi connectivity index (χ0n) is 22.4. The predicted molar refractivity (Wildman–Crippen MR) is 157 cm³/mol. The number of hydrogen-bond donors (Lipinski definition) is 1. The van der Waals surface area contributed by atoms with E-state index < -0.39 is 0 Å². The van der Waals surface area contributed by atoms with Crippen molar-refractivity contribution < 1.29 is 9.13 Å². The summed E-state index contributed by atoms with van der Waals surface area (Å²) in [4.78, 5) is 4.39. The molecule has 38 heavy (non-hydrogen) atoms. The van der Waals surface area contributed by atoms with Gasteiger partial charge in [-0.25, -0.2) is 4.39 Å². The molecule has 1 aliphatic heterocycles. The van der Waals surface area contributed by atoms with E-state index in [9.17, 15) is 4.39 Å². The van der Waals surface area contributed by atoms with Crippen molar-refractivity contribution in [3.8, 4) is 5.75 Å². The summed E-state index contributed by atoms with van der Waals surface area (Å²) in [6, 6.07) is 20.7. The number of halogens is 2. The van der Waals surface area contributed by atoms with Crippen LogP contribution in [0.15, 0.2) is 85.8 Å². The van der Waals surface area contributed by atoms with Crippen LogP contribution in [-0.2, 0) is 6.42 Å². The van der Waals surface area contributed by atoms with Crippen LogP contribution >= 0.6 is 11.6 Å². The number of hydrogen-bond acceptors (Lipinski definition) is 4. The first-order chi connectivity index (χ1) is 18.3. The van der Waals surface area contributed by atoms with Crippen molar-refractivity contribution >= 4 is 22.9 Å². The normalized spacial score (nSPS) is 15.8. The Morgan fingerprint density at radius 3 is 2.53 bits per heavy atom. The third-order valence-electron chi connectivity index (χ3n) is 6.93. The Balaban J connectivity index is 1.58. The first kappa shape index (κ1) is 27.7. The lowest BCUT2D eigenvalue weighted by Gasteiger charge is -2.34. The smallest absolute Gasteiger partial charge is 0.189 e. The molecule has 0 fully saturated rings. The van der Waals surface area contributed by atoms with Gasteiger partial charge in [0.25, 0.3) is 0 Å². The third-order valence-corrected chi connectivity index (χ3v) is 7.17. The van der Waals surface area contributed by atoms with E-state index in [0.29, 0.717) is 36.2 Å². The van der Waals surface area contributed by atoms with Gasteiger partial charge in [0.15, 0.2) is 5.88 Å². The molecule has 1 aliphatic rings. The molecular formula is C32H37ClFN3O. The summed E-state index contributed by atoms with van der Waals surface area (Å²) in [5.74, 6) is 0.750. The molecule has 6 heteroatoms. The molecule has 4 nitrogen and oxygen atoms in total. The molecule has 0 aromatic heterocycles. The first-order valence-electron chi connectivity index (χ1n) is 13.1. The van der Waals surface area contributed by atoms with E-state index in [1.807, 2.05) is 18.2 Å². The summed E-state index contributed by atoms with van der Waals surface area (Å²) in [6.07, 6.45) is 4.12. The van der Waals surface area contributed by atoms with Crippen molar-refractivity contribution in [2.75, 3.05) is 39.0 Å². The monoisotopic (exact) mass is 533 g/mol. The molecule has 0 aliphatic carbocycles. The second kappa shape index (κ2) is 13.0. The molecule has 3 aromatic rings. The van der Waals surface area contributed by atoms with E-state index in [4.69, 9.17) is 16.3 Å². The molecule has 3 aromatic carbocycles. The fourth-order valence-corrected chi connectivity index (χ4v) is 4.96. The van der Waals surface area contributed by atoms with Crippen molar-refractivity contribution in [2.24, 2.45) is 0 Å². The Bertz CT molecular complexity index is 1240. The summed E-state index contributed by atoms with van der Waals surface area (Å²) in [6.45, 7) is 11.0. The van der Waals surface area contributed by atoms with Crippen molar-refractivity contribution in [2.45, 2.75) is 31.7 Å². The van der Waals surface area contributed by atoms with Gasteiger partial charge in [0.05, 0.1) is 6.04 Å². The van der Waals surface area contributed by atoms with Gasteiger partial charge in [0.2, 0.25) is 0 Å². The van der Waals surface area contributed by atoms with Gasteiger partial charge in [0.1, 0.15) is 11.6 Å². The summed E-state index contributed by atoms with van der Waals surface area (Å²) < 4.78 is 19.6. The van der Waals surface area contributed by atoms with Gasteiger partial charge in [-0.1, -0.05) is 42.4 Å². The Kier molecular flexibility index (Phi) is 9.48. The highest BCUT2D eigenvalue weighted by molar-refractivity contribution is 6.30. The Morgan fingerprint density at radius 1 is 1.08 bits per heavy atom. The summed E-state index contributed by atoms with van der Waals surface area (Å²) in [5.41, 5.74) is 5.53. The average molecular weight is 534 g/mol. The quantitative estimate of drug-likeness (QED) is 0.224. The maximum absolute atomic E-state index is 13.5.